The van der Waals surface area contributed by atoms with Crippen LogP contribution in [0, 0.1) is 50.2 Å². The highest BCUT2D eigenvalue weighted by Crippen LogP contribution is 2.47. The van der Waals surface area contributed by atoms with Crippen molar-refractivity contribution in [1.29, 1.82) is 0 Å². The SMILES string of the molecule is Cc1cc(F)c(C#Cc2c(C)cc(C3CC3C)cc2C)c(F)c1. The maximum absolute atomic E-state index is 13.9. The molecular weight excluding hydrogens is 290 g/mol. The van der Waals surface area contributed by atoms with Gasteiger partial charge in [0.25, 0.3) is 0 Å². The Kier molecular flexibility index (Phi) is 3.98. The van der Waals surface area contributed by atoms with Crippen LogP contribution < -0.4 is 0 Å². The fourth-order valence-corrected chi connectivity index (χ4v) is 3.14. The molecule has 0 saturated heterocycles. The molecule has 2 aromatic rings. The summed E-state index contributed by atoms with van der Waals surface area (Å²) in [6.45, 7) is 7.94. The molecule has 0 aliphatic heterocycles. The second-order valence-corrected chi connectivity index (χ2v) is 6.70. The van der Waals surface area contributed by atoms with Gasteiger partial charge in [-0.05, 0) is 73.4 Å². The molecule has 0 spiro atoms. The van der Waals surface area contributed by atoms with Gasteiger partial charge in [0.05, 0.1) is 5.56 Å². The summed E-state index contributed by atoms with van der Waals surface area (Å²) in [6, 6.07) is 6.94. The molecule has 0 N–H and O–H groups in total. The van der Waals surface area contributed by atoms with Crippen molar-refractivity contribution in [3.63, 3.8) is 0 Å². The van der Waals surface area contributed by atoms with Crippen LogP contribution in [-0.2, 0) is 0 Å². The van der Waals surface area contributed by atoms with Crippen molar-refractivity contribution in [2.24, 2.45) is 5.92 Å². The van der Waals surface area contributed by atoms with Crippen LogP contribution in [0.4, 0.5) is 8.78 Å². The highest BCUT2D eigenvalue weighted by Gasteiger charge is 2.34. The van der Waals surface area contributed by atoms with Crippen LogP contribution in [0.15, 0.2) is 24.3 Å². The lowest BCUT2D eigenvalue weighted by atomic mass is 9.96. The molecule has 0 bridgehead atoms. The quantitative estimate of drug-likeness (QED) is 0.618. The molecule has 2 atom stereocenters. The Bertz CT molecular complexity index is 791. The van der Waals surface area contributed by atoms with E-state index < -0.39 is 11.6 Å². The summed E-state index contributed by atoms with van der Waals surface area (Å²) in [5, 5.41) is 0. The third-order valence-electron chi connectivity index (χ3n) is 4.59. The van der Waals surface area contributed by atoms with Crippen LogP contribution in [0.3, 0.4) is 0 Å². The number of hydrogen-bond donors (Lipinski definition) is 0. The van der Waals surface area contributed by atoms with E-state index in [0.29, 0.717) is 11.5 Å². The zero-order chi connectivity index (χ0) is 16.7. The van der Waals surface area contributed by atoms with Crippen molar-refractivity contribution in [1.82, 2.24) is 0 Å². The molecule has 0 nitrogen and oxygen atoms in total. The maximum Gasteiger partial charge on any atom is 0.142 e. The number of aryl methyl sites for hydroxylation is 3. The van der Waals surface area contributed by atoms with E-state index in [4.69, 9.17) is 0 Å². The molecule has 1 fully saturated rings. The monoisotopic (exact) mass is 310 g/mol. The van der Waals surface area contributed by atoms with Gasteiger partial charge in [-0.25, -0.2) is 8.78 Å². The van der Waals surface area contributed by atoms with Crippen molar-refractivity contribution in [2.45, 2.75) is 40.0 Å². The van der Waals surface area contributed by atoms with Gasteiger partial charge in [-0.2, -0.15) is 0 Å². The van der Waals surface area contributed by atoms with Crippen LogP contribution >= 0.6 is 0 Å². The summed E-state index contributed by atoms with van der Waals surface area (Å²) < 4.78 is 27.8. The van der Waals surface area contributed by atoms with Crippen LogP contribution in [-0.4, -0.2) is 0 Å². The van der Waals surface area contributed by atoms with Crippen molar-refractivity contribution in [3.05, 3.63) is 69.3 Å². The highest BCUT2D eigenvalue weighted by atomic mass is 19.1. The first kappa shape index (κ1) is 15.7. The van der Waals surface area contributed by atoms with Crippen LogP contribution in [0.2, 0.25) is 0 Å². The molecule has 0 aromatic heterocycles. The summed E-state index contributed by atoms with van der Waals surface area (Å²) in [6.07, 6.45) is 1.24. The molecule has 1 saturated carbocycles. The summed E-state index contributed by atoms with van der Waals surface area (Å²) in [5.74, 6) is 5.85. The number of rotatable bonds is 1. The molecule has 2 unspecified atom stereocenters. The van der Waals surface area contributed by atoms with Gasteiger partial charge < -0.3 is 0 Å². The Labute approximate surface area is 136 Å². The Morgan fingerprint density at radius 2 is 1.35 bits per heavy atom. The second kappa shape index (κ2) is 5.81. The Morgan fingerprint density at radius 1 is 0.870 bits per heavy atom. The first-order valence-electron chi connectivity index (χ1n) is 7.95. The summed E-state index contributed by atoms with van der Waals surface area (Å²) >= 11 is 0. The van der Waals surface area contributed by atoms with Crippen molar-refractivity contribution in [3.8, 4) is 11.8 Å². The molecule has 23 heavy (non-hydrogen) atoms. The Hall–Kier alpha value is -2.14. The molecule has 2 aromatic carbocycles. The summed E-state index contributed by atoms with van der Waals surface area (Å²) in [5.41, 5.74) is 4.75. The largest absolute Gasteiger partial charge is 0.206 e. The third kappa shape index (κ3) is 3.15. The number of benzene rings is 2. The third-order valence-corrected chi connectivity index (χ3v) is 4.59. The minimum absolute atomic E-state index is 0.158. The summed E-state index contributed by atoms with van der Waals surface area (Å²) in [4.78, 5) is 0. The minimum Gasteiger partial charge on any atom is -0.206 e. The average molecular weight is 310 g/mol. The first-order valence-corrected chi connectivity index (χ1v) is 7.95. The molecule has 0 radical (unpaired) electrons. The lowest BCUT2D eigenvalue weighted by Gasteiger charge is -2.08. The van der Waals surface area contributed by atoms with E-state index in [-0.39, 0.29) is 5.56 Å². The van der Waals surface area contributed by atoms with E-state index in [1.165, 1.54) is 24.1 Å². The van der Waals surface area contributed by atoms with Crippen molar-refractivity contribution < 1.29 is 8.78 Å². The first-order chi connectivity index (χ1) is 10.9. The predicted molar refractivity (Wildman–Crippen MR) is 89.5 cm³/mol. The van der Waals surface area contributed by atoms with E-state index >= 15 is 0 Å². The van der Waals surface area contributed by atoms with Gasteiger partial charge in [-0.1, -0.05) is 30.9 Å². The van der Waals surface area contributed by atoms with E-state index in [9.17, 15) is 8.78 Å². The van der Waals surface area contributed by atoms with Gasteiger partial charge >= 0.3 is 0 Å². The lowest BCUT2D eigenvalue weighted by molar-refractivity contribution is 0.575. The van der Waals surface area contributed by atoms with E-state index in [1.54, 1.807) is 6.92 Å². The van der Waals surface area contributed by atoms with E-state index in [1.807, 2.05) is 13.8 Å². The van der Waals surface area contributed by atoms with Gasteiger partial charge in [0, 0.05) is 5.56 Å². The van der Waals surface area contributed by atoms with Gasteiger partial charge in [0.2, 0.25) is 0 Å². The van der Waals surface area contributed by atoms with Gasteiger partial charge in [0.15, 0.2) is 0 Å². The van der Waals surface area contributed by atoms with Gasteiger partial charge in [-0.3, -0.25) is 0 Å². The molecule has 2 heteroatoms. The van der Waals surface area contributed by atoms with E-state index in [2.05, 4.69) is 30.9 Å². The van der Waals surface area contributed by atoms with Gasteiger partial charge in [0.1, 0.15) is 11.6 Å². The van der Waals surface area contributed by atoms with Gasteiger partial charge in [-0.15, -0.1) is 0 Å². The maximum atomic E-state index is 13.9. The molecule has 1 aliphatic carbocycles. The number of halogens is 2. The smallest absolute Gasteiger partial charge is 0.142 e. The number of hydrogen-bond acceptors (Lipinski definition) is 0. The average Bonchev–Trinajstić information content (AvgIpc) is 3.17. The molecule has 118 valence electrons. The zero-order valence-corrected chi connectivity index (χ0v) is 13.9. The fourth-order valence-electron chi connectivity index (χ4n) is 3.14. The fraction of sp³-hybridized carbons (Fsp3) is 0.333. The Balaban J connectivity index is 1.99. The van der Waals surface area contributed by atoms with Crippen LogP contribution in [0.25, 0.3) is 0 Å². The standard InChI is InChI=1S/C21H20F2/c1-12-7-20(22)18(21(23)8-12)6-5-17-13(2)9-16(10-14(17)3)19-11-15(19)4/h7-10,15,19H,11H2,1-4H3. The topological polar surface area (TPSA) is 0 Å². The molecule has 0 heterocycles. The minimum atomic E-state index is -0.603. The highest BCUT2D eigenvalue weighted by molar-refractivity contribution is 5.53. The van der Waals surface area contributed by atoms with Crippen molar-refractivity contribution in [2.75, 3.05) is 0 Å². The molecule has 1 aliphatic rings. The van der Waals surface area contributed by atoms with Crippen molar-refractivity contribution >= 4 is 0 Å². The molecule has 3 rings (SSSR count). The zero-order valence-electron chi connectivity index (χ0n) is 13.9. The normalized spacial score (nSPS) is 19.2. The molecule has 0 amide bonds. The summed E-state index contributed by atoms with van der Waals surface area (Å²) in [7, 11) is 0. The van der Waals surface area contributed by atoms with Crippen LogP contribution in [0.5, 0.6) is 0 Å². The predicted octanol–water partition coefficient (Wildman–Crippen LogP) is 5.41. The molecular formula is C21H20F2. The van der Waals surface area contributed by atoms with E-state index in [0.717, 1.165) is 22.6 Å². The second-order valence-electron chi connectivity index (χ2n) is 6.70. The van der Waals surface area contributed by atoms with Crippen LogP contribution in [0.1, 0.15) is 52.6 Å². The Morgan fingerprint density at radius 3 is 1.83 bits per heavy atom. The lowest BCUT2D eigenvalue weighted by Crippen LogP contribution is -1.94.